The van der Waals surface area contributed by atoms with Gasteiger partial charge in [0.05, 0.1) is 0 Å². The zero-order chi connectivity index (χ0) is 5.70. The maximum absolute atomic E-state index is 10.1. The molecule has 0 N–H and O–H groups in total. The van der Waals surface area contributed by atoms with Gasteiger partial charge in [0.15, 0.2) is 0 Å². The summed E-state index contributed by atoms with van der Waals surface area (Å²) in [6.07, 6.45) is 1.44. The minimum atomic E-state index is 0.223. The van der Waals surface area contributed by atoms with Crippen LogP contribution in [0.5, 0.6) is 0 Å². The molecule has 2 heteroatoms. The van der Waals surface area contributed by atoms with E-state index in [0.717, 1.165) is 6.42 Å². The molecule has 0 aromatic heterocycles. The molecule has 42 valence electrons. The lowest BCUT2D eigenvalue weighted by atomic mass is 10.5. The van der Waals surface area contributed by atoms with Crippen molar-refractivity contribution in [2.24, 2.45) is 0 Å². The number of ketones is 1. The highest BCUT2D eigenvalue weighted by molar-refractivity contribution is 6.17. The van der Waals surface area contributed by atoms with E-state index in [0.29, 0.717) is 12.3 Å². The fourth-order valence-corrected chi connectivity index (χ4v) is 0.449. The predicted octanol–water partition coefficient (Wildman–Crippen LogP) is 1.59. The first-order valence-corrected chi connectivity index (χ1v) is 2.86. The number of carbonyl (C=O) groups excluding carboxylic acids is 1. The summed E-state index contributed by atoms with van der Waals surface area (Å²) >= 11 is 5.29. The number of alkyl halides is 1. The van der Waals surface area contributed by atoms with Crippen LogP contribution in [0, 0.1) is 0 Å². The molecule has 0 atom stereocenters. The SMILES string of the molecule is CC(=O)[13CH2]CCCl. The van der Waals surface area contributed by atoms with E-state index in [-0.39, 0.29) is 5.78 Å². The molecule has 0 bridgehead atoms. The van der Waals surface area contributed by atoms with Crippen molar-refractivity contribution < 1.29 is 4.79 Å². The Labute approximate surface area is 48.7 Å². The molecule has 0 heterocycles. The number of rotatable bonds is 3. The van der Waals surface area contributed by atoms with E-state index < -0.39 is 0 Å². The average Bonchev–Trinajstić information content (AvgIpc) is 1.61. The van der Waals surface area contributed by atoms with Crippen molar-refractivity contribution in [2.45, 2.75) is 19.8 Å². The Morgan fingerprint density at radius 3 is 2.43 bits per heavy atom. The highest BCUT2D eigenvalue weighted by Crippen LogP contribution is 1.90. The summed E-state index contributed by atoms with van der Waals surface area (Å²) in [5, 5.41) is 0. The lowest BCUT2D eigenvalue weighted by Crippen LogP contribution is -1.88. The minimum Gasteiger partial charge on any atom is -0.300 e. The Morgan fingerprint density at radius 1 is 1.71 bits per heavy atom. The van der Waals surface area contributed by atoms with Gasteiger partial charge >= 0.3 is 0 Å². The Bertz CT molecular complexity index is 61.1. The molecular weight excluding hydrogens is 112 g/mol. The molecular formula is C5H9ClO. The first-order valence-electron chi connectivity index (χ1n) is 2.32. The second-order valence-electron chi connectivity index (χ2n) is 1.49. The Balaban J connectivity index is 2.82. The van der Waals surface area contributed by atoms with Crippen LogP contribution >= 0.6 is 11.6 Å². The van der Waals surface area contributed by atoms with Gasteiger partial charge in [-0.1, -0.05) is 0 Å². The fraction of sp³-hybridized carbons (Fsp3) is 0.800. The number of hydrogen-bond donors (Lipinski definition) is 0. The molecule has 0 aliphatic carbocycles. The maximum atomic E-state index is 10.1. The summed E-state index contributed by atoms with van der Waals surface area (Å²) in [4.78, 5) is 10.1. The van der Waals surface area contributed by atoms with Gasteiger partial charge in [-0.05, 0) is 13.3 Å². The summed E-state index contributed by atoms with van der Waals surface area (Å²) in [6, 6.07) is 0. The largest absolute Gasteiger partial charge is 0.300 e. The molecule has 0 unspecified atom stereocenters. The number of hydrogen-bond acceptors (Lipinski definition) is 1. The quantitative estimate of drug-likeness (QED) is 0.410. The van der Waals surface area contributed by atoms with Crippen LogP contribution in [0.15, 0.2) is 0 Å². The summed E-state index contributed by atoms with van der Waals surface area (Å²) in [5.74, 6) is 0.820. The van der Waals surface area contributed by atoms with E-state index in [1.807, 2.05) is 0 Å². The van der Waals surface area contributed by atoms with Crippen LogP contribution in [0.2, 0.25) is 0 Å². The standard InChI is InChI=1S/C5H9ClO/c1-5(7)3-2-4-6/h2-4H2,1H3/i3+1. The van der Waals surface area contributed by atoms with Crippen LogP contribution in [-0.2, 0) is 4.79 Å². The summed E-state index contributed by atoms with van der Waals surface area (Å²) in [5.41, 5.74) is 0. The zero-order valence-corrected chi connectivity index (χ0v) is 5.16. The zero-order valence-electron chi connectivity index (χ0n) is 4.41. The van der Waals surface area contributed by atoms with Gasteiger partial charge < -0.3 is 4.79 Å². The summed E-state index contributed by atoms with van der Waals surface area (Å²) in [7, 11) is 0. The molecule has 0 aliphatic rings. The average molecular weight is 122 g/mol. The second kappa shape index (κ2) is 4.13. The molecule has 0 saturated carbocycles. The maximum Gasteiger partial charge on any atom is 0.129 e. The summed E-state index contributed by atoms with van der Waals surface area (Å²) < 4.78 is 0. The second-order valence-corrected chi connectivity index (χ2v) is 1.87. The van der Waals surface area contributed by atoms with Crippen LogP contribution in [0.3, 0.4) is 0 Å². The van der Waals surface area contributed by atoms with Crippen molar-refractivity contribution in [3.63, 3.8) is 0 Å². The molecule has 7 heavy (non-hydrogen) atoms. The van der Waals surface area contributed by atoms with E-state index in [1.165, 1.54) is 0 Å². The van der Waals surface area contributed by atoms with Crippen molar-refractivity contribution >= 4 is 17.4 Å². The molecule has 0 aromatic carbocycles. The summed E-state index contributed by atoms with van der Waals surface area (Å²) in [6.45, 7) is 1.58. The third-order valence-corrected chi connectivity index (χ3v) is 0.930. The molecule has 0 spiro atoms. The van der Waals surface area contributed by atoms with Gasteiger partial charge in [0.1, 0.15) is 5.78 Å². The predicted molar refractivity (Wildman–Crippen MR) is 30.6 cm³/mol. The Morgan fingerprint density at radius 2 is 2.29 bits per heavy atom. The normalized spacial score (nSPS) is 8.86. The van der Waals surface area contributed by atoms with Gasteiger partial charge in [0.25, 0.3) is 0 Å². The van der Waals surface area contributed by atoms with Gasteiger partial charge in [0.2, 0.25) is 0 Å². The van der Waals surface area contributed by atoms with Crippen molar-refractivity contribution in [3.05, 3.63) is 0 Å². The van der Waals surface area contributed by atoms with Gasteiger partial charge in [-0.3, -0.25) is 0 Å². The van der Waals surface area contributed by atoms with Crippen LogP contribution in [-0.4, -0.2) is 11.7 Å². The van der Waals surface area contributed by atoms with Crippen molar-refractivity contribution in [1.29, 1.82) is 0 Å². The van der Waals surface area contributed by atoms with Gasteiger partial charge in [0, 0.05) is 12.3 Å². The van der Waals surface area contributed by atoms with Crippen LogP contribution < -0.4 is 0 Å². The van der Waals surface area contributed by atoms with E-state index in [4.69, 9.17) is 11.6 Å². The fourth-order valence-electron chi connectivity index (χ4n) is 0.316. The molecule has 0 radical (unpaired) electrons. The molecule has 0 amide bonds. The third-order valence-electron chi connectivity index (χ3n) is 0.662. The monoisotopic (exact) mass is 121 g/mol. The Kier molecular flexibility index (Phi) is 4.10. The van der Waals surface area contributed by atoms with E-state index in [2.05, 4.69) is 0 Å². The Hall–Kier alpha value is -0.0400. The van der Waals surface area contributed by atoms with Gasteiger partial charge in [-0.2, -0.15) is 0 Å². The van der Waals surface area contributed by atoms with Crippen molar-refractivity contribution in [3.8, 4) is 0 Å². The van der Waals surface area contributed by atoms with E-state index in [9.17, 15) is 4.79 Å². The topological polar surface area (TPSA) is 17.1 Å². The van der Waals surface area contributed by atoms with Gasteiger partial charge in [-0.25, -0.2) is 0 Å². The lowest BCUT2D eigenvalue weighted by molar-refractivity contribution is -0.117. The molecule has 0 rings (SSSR count). The minimum absolute atomic E-state index is 0.223. The van der Waals surface area contributed by atoms with E-state index in [1.54, 1.807) is 6.92 Å². The molecule has 1 nitrogen and oxygen atoms in total. The van der Waals surface area contributed by atoms with Gasteiger partial charge in [-0.15, -0.1) is 11.6 Å². The number of carbonyl (C=O) groups is 1. The molecule has 0 aromatic rings. The molecule has 0 aliphatic heterocycles. The van der Waals surface area contributed by atoms with Crippen molar-refractivity contribution in [2.75, 3.05) is 5.88 Å². The van der Waals surface area contributed by atoms with Crippen LogP contribution in [0.1, 0.15) is 19.8 Å². The number of Topliss-reactive ketones (excluding diaryl/α,β-unsaturated/α-hetero) is 1. The smallest absolute Gasteiger partial charge is 0.129 e. The van der Waals surface area contributed by atoms with Crippen molar-refractivity contribution in [1.82, 2.24) is 0 Å². The highest BCUT2D eigenvalue weighted by Gasteiger charge is 1.88. The third kappa shape index (κ3) is 5.96. The van der Waals surface area contributed by atoms with E-state index >= 15 is 0 Å². The van der Waals surface area contributed by atoms with Crippen LogP contribution in [0.4, 0.5) is 0 Å². The first kappa shape index (κ1) is 6.96. The molecule has 0 saturated heterocycles. The molecule has 0 fully saturated rings. The highest BCUT2D eigenvalue weighted by atomic mass is 35.5. The lowest BCUT2D eigenvalue weighted by Gasteiger charge is -1.85. The first-order chi connectivity index (χ1) is 3.27. The number of halogens is 1. The van der Waals surface area contributed by atoms with Crippen LogP contribution in [0.25, 0.3) is 0 Å².